The van der Waals surface area contributed by atoms with Crippen LogP contribution in [0.4, 0.5) is 10.1 Å². The molecule has 7 nitrogen and oxygen atoms in total. The van der Waals surface area contributed by atoms with Crippen molar-refractivity contribution in [2.75, 3.05) is 39.2 Å². The van der Waals surface area contributed by atoms with E-state index in [0.29, 0.717) is 59.5 Å². The number of benzene rings is 2. The molecule has 5 rings (SSSR count). The van der Waals surface area contributed by atoms with Gasteiger partial charge in [0.05, 0.1) is 29.9 Å². The number of hydrogen-bond acceptors (Lipinski definition) is 5. The van der Waals surface area contributed by atoms with Crippen molar-refractivity contribution < 1.29 is 18.7 Å². The van der Waals surface area contributed by atoms with Crippen LogP contribution < -0.4 is 19.9 Å². The number of nitrogens with zero attached hydrogens (tertiary/aromatic N) is 3. The first kappa shape index (κ1) is 25.1. The summed E-state index contributed by atoms with van der Waals surface area (Å²) in [5, 5.41) is 0.892. The van der Waals surface area contributed by atoms with E-state index in [-0.39, 0.29) is 17.6 Å². The van der Waals surface area contributed by atoms with Gasteiger partial charge in [-0.1, -0.05) is 6.07 Å². The number of hydrogen-bond donors (Lipinski definition) is 0. The molecule has 1 aliphatic heterocycles. The number of likely N-dealkylation sites (tertiary alicyclic amines) is 1. The molecule has 0 unspecified atom stereocenters. The van der Waals surface area contributed by atoms with Crippen molar-refractivity contribution in [1.82, 2.24) is 9.47 Å². The van der Waals surface area contributed by atoms with Crippen LogP contribution in [0.25, 0.3) is 16.5 Å². The summed E-state index contributed by atoms with van der Waals surface area (Å²) in [7, 11) is 5.42. The molecule has 1 saturated carbocycles. The number of carbonyl (C=O) groups is 1. The fourth-order valence-corrected chi connectivity index (χ4v) is 5.29. The number of alkyl halides is 1. The molecule has 2 aromatic carbocycles. The zero-order valence-electron chi connectivity index (χ0n) is 21.7. The van der Waals surface area contributed by atoms with Gasteiger partial charge in [-0.3, -0.25) is 14.2 Å². The second kappa shape index (κ2) is 10.4. The first-order valence-electron chi connectivity index (χ1n) is 13.0. The monoisotopic (exact) mass is 507 g/mol. The summed E-state index contributed by atoms with van der Waals surface area (Å²) < 4.78 is 27.3. The van der Waals surface area contributed by atoms with E-state index in [1.165, 1.54) is 4.57 Å². The van der Waals surface area contributed by atoms with E-state index < -0.39 is 6.17 Å². The molecule has 0 bridgehead atoms. The maximum absolute atomic E-state index is 13.8. The number of methoxy groups -OCH3 is 1. The maximum Gasteiger partial charge on any atom is 0.263 e. The number of piperidine rings is 1. The van der Waals surface area contributed by atoms with Gasteiger partial charge < -0.3 is 19.3 Å². The Bertz CT molecular complexity index is 1360. The van der Waals surface area contributed by atoms with Crippen LogP contribution in [0.2, 0.25) is 0 Å². The molecule has 2 aliphatic rings. The lowest BCUT2D eigenvalue weighted by atomic mass is 10.0. The van der Waals surface area contributed by atoms with Crippen LogP contribution in [-0.2, 0) is 0 Å². The summed E-state index contributed by atoms with van der Waals surface area (Å²) in [5.41, 5.74) is 1.72. The van der Waals surface area contributed by atoms with Crippen molar-refractivity contribution in [2.45, 2.75) is 50.8 Å². The summed E-state index contributed by atoms with van der Waals surface area (Å²) in [6.45, 7) is 0.691. The number of fused-ring (bicyclic) bond motifs is 1. The Morgan fingerprint density at radius 1 is 1.00 bits per heavy atom. The molecule has 3 aromatic rings. The summed E-state index contributed by atoms with van der Waals surface area (Å²) in [4.78, 5) is 31.3. The van der Waals surface area contributed by atoms with Gasteiger partial charge in [-0.25, -0.2) is 4.39 Å². The molecule has 0 atom stereocenters. The van der Waals surface area contributed by atoms with Gasteiger partial charge in [0.15, 0.2) is 11.5 Å². The van der Waals surface area contributed by atoms with Gasteiger partial charge in [0, 0.05) is 44.5 Å². The lowest BCUT2D eigenvalue weighted by molar-refractivity contribution is 0.0668. The minimum absolute atomic E-state index is 0.0863. The Labute approximate surface area is 216 Å². The number of carbonyl (C=O) groups excluding carboxylic acids is 1. The lowest BCUT2D eigenvalue weighted by Crippen LogP contribution is -2.39. The van der Waals surface area contributed by atoms with E-state index in [2.05, 4.69) is 0 Å². The van der Waals surface area contributed by atoms with E-state index in [1.54, 1.807) is 30.3 Å². The van der Waals surface area contributed by atoms with E-state index in [9.17, 15) is 14.0 Å². The van der Waals surface area contributed by atoms with Gasteiger partial charge in [-0.15, -0.1) is 0 Å². The molecule has 1 aliphatic carbocycles. The van der Waals surface area contributed by atoms with Crippen molar-refractivity contribution >= 4 is 22.4 Å². The first-order valence-corrected chi connectivity index (χ1v) is 13.0. The van der Waals surface area contributed by atoms with Gasteiger partial charge in [0.1, 0.15) is 6.17 Å². The van der Waals surface area contributed by atoms with E-state index in [0.717, 1.165) is 31.4 Å². The number of aromatic nitrogens is 1. The van der Waals surface area contributed by atoms with Crippen molar-refractivity contribution in [3.63, 3.8) is 0 Å². The number of rotatable bonds is 6. The molecule has 1 amide bonds. The summed E-state index contributed by atoms with van der Waals surface area (Å²) in [5.74, 6) is 0.782. The molecule has 1 saturated heterocycles. The number of amides is 1. The molecule has 1 aromatic heterocycles. The first-order chi connectivity index (χ1) is 17.9. The highest BCUT2D eigenvalue weighted by molar-refractivity contribution is 6.07. The Hall–Kier alpha value is -3.55. The normalized spacial score (nSPS) is 16.8. The second-order valence-electron chi connectivity index (χ2n) is 10.2. The van der Waals surface area contributed by atoms with Gasteiger partial charge in [0.2, 0.25) is 0 Å². The fourth-order valence-electron chi connectivity index (χ4n) is 5.29. The van der Waals surface area contributed by atoms with E-state index >= 15 is 0 Å². The highest BCUT2D eigenvalue weighted by Gasteiger charge is 2.27. The predicted molar refractivity (Wildman–Crippen MR) is 143 cm³/mol. The number of halogens is 1. The largest absolute Gasteiger partial charge is 0.493 e. The van der Waals surface area contributed by atoms with Crippen LogP contribution >= 0.6 is 0 Å². The third-order valence-corrected chi connectivity index (χ3v) is 7.46. The van der Waals surface area contributed by atoms with Gasteiger partial charge in [0.25, 0.3) is 11.5 Å². The van der Waals surface area contributed by atoms with E-state index in [1.807, 2.05) is 43.3 Å². The molecule has 8 heteroatoms. The van der Waals surface area contributed by atoms with Crippen molar-refractivity contribution in [2.24, 2.45) is 0 Å². The minimum Gasteiger partial charge on any atom is -0.493 e. The third kappa shape index (κ3) is 5.02. The number of ether oxygens (including phenoxy) is 2. The average molecular weight is 508 g/mol. The molecule has 2 fully saturated rings. The number of pyridine rings is 1. The molecule has 0 spiro atoms. The maximum atomic E-state index is 13.8. The zero-order chi connectivity index (χ0) is 26.1. The molecule has 196 valence electrons. The smallest absolute Gasteiger partial charge is 0.263 e. The Balaban J connectivity index is 1.69. The van der Waals surface area contributed by atoms with Crippen molar-refractivity contribution in [3.8, 4) is 17.2 Å². The molecule has 0 radical (unpaired) electrons. The van der Waals surface area contributed by atoms with Crippen molar-refractivity contribution in [3.05, 3.63) is 58.5 Å². The highest BCUT2D eigenvalue weighted by atomic mass is 19.1. The van der Waals surface area contributed by atoms with Crippen LogP contribution in [0.1, 0.15) is 48.9 Å². The van der Waals surface area contributed by atoms with Crippen LogP contribution in [0.3, 0.4) is 0 Å². The van der Waals surface area contributed by atoms with Gasteiger partial charge >= 0.3 is 0 Å². The second-order valence-corrected chi connectivity index (χ2v) is 10.2. The fraction of sp³-hybridized carbons (Fsp3) is 0.448. The predicted octanol–water partition coefficient (Wildman–Crippen LogP) is 4.96. The van der Waals surface area contributed by atoms with Crippen LogP contribution in [0, 0.1) is 0 Å². The zero-order valence-corrected chi connectivity index (χ0v) is 21.7. The minimum atomic E-state index is -0.890. The third-order valence-electron chi connectivity index (χ3n) is 7.46. The van der Waals surface area contributed by atoms with Crippen LogP contribution in [0.15, 0.2) is 47.4 Å². The molecule has 2 heterocycles. The number of anilines is 1. The molecular weight excluding hydrogens is 473 g/mol. The van der Waals surface area contributed by atoms with E-state index in [4.69, 9.17) is 9.47 Å². The van der Waals surface area contributed by atoms with Crippen LogP contribution in [-0.4, -0.2) is 61.9 Å². The molecule has 0 N–H and O–H groups in total. The quantitative estimate of drug-likeness (QED) is 0.472. The molecule has 37 heavy (non-hydrogen) atoms. The van der Waals surface area contributed by atoms with Gasteiger partial charge in [-0.2, -0.15) is 0 Å². The topological polar surface area (TPSA) is 64.0 Å². The lowest BCUT2D eigenvalue weighted by Gasteiger charge is -2.29. The SMILES string of the molecule is COc1cc2c(=O)n(-c3cccc(N(C)C)c3)cc(C(=O)N3CCC(F)CC3)c2cc1OC1CCCC1. The van der Waals surface area contributed by atoms with Gasteiger partial charge in [-0.05, 0) is 68.9 Å². The molecular formula is C29H34FN3O4. The van der Waals surface area contributed by atoms with Crippen molar-refractivity contribution in [1.29, 1.82) is 0 Å². The summed E-state index contributed by atoms with van der Waals surface area (Å²) >= 11 is 0. The standard InChI is InChI=1S/C29H34FN3O4/c1-31(2)20-7-6-8-21(15-20)33-18-25(28(34)32-13-11-19(30)12-14-32)23-16-27(37-22-9-4-5-10-22)26(36-3)17-24(23)29(33)35/h6-8,15-19,22H,4-5,9-14H2,1-3H3. The Kier molecular flexibility index (Phi) is 7.09. The van der Waals surface area contributed by atoms with Crippen LogP contribution in [0.5, 0.6) is 11.5 Å². The average Bonchev–Trinajstić information content (AvgIpc) is 3.42. The highest BCUT2D eigenvalue weighted by Crippen LogP contribution is 2.36. The Morgan fingerprint density at radius 2 is 1.70 bits per heavy atom. The summed E-state index contributed by atoms with van der Waals surface area (Å²) in [6, 6.07) is 11.0. The Morgan fingerprint density at radius 3 is 2.38 bits per heavy atom. The summed E-state index contributed by atoms with van der Waals surface area (Å²) in [6.07, 6.45) is 5.62.